The van der Waals surface area contributed by atoms with E-state index in [9.17, 15) is 0 Å². The molecular formula is C13H26O2. The van der Waals surface area contributed by atoms with E-state index in [0.29, 0.717) is 6.10 Å². The summed E-state index contributed by atoms with van der Waals surface area (Å²) in [5.41, 5.74) is 0. The maximum absolute atomic E-state index is 9.10. The minimum Gasteiger partial charge on any atom is -0.393 e. The topological polar surface area (TPSA) is 29.5 Å². The quantitative estimate of drug-likeness (QED) is 0.688. The van der Waals surface area contributed by atoms with E-state index in [0.717, 1.165) is 31.8 Å². The van der Waals surface area contributed by atoms with Crippen LogP contribution >= 0.6 is 0 Å². The second-order valence-corrected chi connectivity index (χ2v) is 5.02. The zero-order valence-corrected chi connectivity index (χ0v) is 10.2. The molecule has 0 amide bonds. The van der Waals surface area contributed by atoms with Gasteiger partial charge in [-0.3, -0.25) is 0 Å². The molecule has 0 aliphatic heterocycles. The molecule has 2 heteroatoms. The van der Waals surface area contributed by atoms with Crippen LogP contribution in [0.25, 0.3) is 0 Å². The van der Waals surface area contributed by atoms with Crippen LogP contribution in [-0.4, -0.2) is 23.9 Å². The average Bonchev–Trinajstić information content (AvgIpc) is 2.20. The number of aliphatic hydroxyl groups excluding tert-OH is 1. The predicted molar refractivity (Wildman–Crippen MR) is 62.9 cm³/mol. The van der Waals surface area contributed by atoms with Crippen molar-refractivity contribution in [3.05, 3.63) is 0 Å². The summed E-state index contributed by atoms with van der Waals surface area (Å²) in [7, 11) is 0. The molecule has 1 saturated carbocycles. The van der Waals surface area contributed by atoms with Crippen molar-refractivity contribution < 1.29 is 9.84 Å². The summed E-state index contributed by atoms with van der Waals surface area (Å²) < 4.78 is 5.90. The minimum atomic E-state index is -0.154. The van der Waals surface area contributed by atoms with E-state index in [4.69, 9.17) is 9.84 Å². The summed E-state index contributed by atoms with van der Waals surface area (Å²) in [5.74, 6) is 0.746. The monoisotopic (exact) mass is 214 g/mol. The SMILES string of the molecule is CC(O)CCCCOC1CCCCC1C. The Hall–Kier alpha value is -0.0800. The molecule has 90 valence electrons. The third-order valence-corrected chi connectivity index (χ3v) is 3.38. The van der Waals surface area contributed by atoms with Crippen LogP contribution in [0.5, 0.6) is 0 Å². The molecule has 15 heavy (non-hydrogen) atoms. The van der Waals surface area contributed by atoms with E-state index in [1.54, 1.807) is 0 Å². The van der Waals surface area contributed by atoms with Crippen molar-refractivity contribution >= 4 is 0 Å². The van der Waals surface area contributed by atoms with Gasteiger partial charge < -0.3 is 9.84 Å². The lowest BCUT2D eigenvalue weighted by Crippen LogP contribution is -2.25. The van der Waals surface area contributed by atoms with Crippen molar-refractivity contribution in [1.82, 2.24) is 0 Å². The third-order valence-electron chi connectivity index (χ3n) is 3.38. The first-order valence-corrected chi connectivity index (χ1v) is 6.50. The fraction of sp³-hybridized carbons (Fsp3) is 1.00. The first-order valence-electron chi connectivity index (χ1n) is 6.50. The van der Waals surface area contributed by atoms with Gasteiger partial charge in [0, 0.05) is 6.61 Å². The van der Waals surface area contributed by atoms with Crippen molar-refractivity contribution in [2.75, 3.05) is 6.61 Å². The van der Waals surface area contributed by atoms with E-state index in [-0.39, 0.29) is 6.10 Å². The van der Waals surface area contributed by atoms with Gasteiger partial charge in [0.05, 0.1) is 12.2 Å². The van der Waals surface area contributed by atoms with Gasteiger partial charge >= 0.3 is 0 Å². The Balaban J connectivity index is 1.99. The zero-order chi connectivity index (χ0) is 11.1. The molecule has 0 radical (unpaired) electrons. The van der Waals surface area contributed by atoms with Crippen LogP contribution in [0, 0.1) is 5.92 Å². The number of unbranched alkanes of at least 4 members (excludes halogenated alkanes) is 1. The van der Waals surface area contributed by atoms with E-state index in [1.807, 2.05) is 6.92 Å². The van der Waals surface area contributed by atoms with Gasteiger partial charge in [0.15, 0.2) is 0 Å². The number of aliphatic hydroxyl groups is 1. The fourth-order valence-electron chi connectivity index (χ4n) is 2.31. The third kappa shape index (κ3) is 5.53. The van der Waals surface area contributed by atoms with Crippen LogP contribution in [0.2, 0.25) is 0 Å². The van der Waals surface area contributed by atoms with Gasteiger partial charge in [0.25, 0.3) is 0 Å². The summed E-state index contributed by atoms with van der Waals surface area (Å²) in [6.45, 7) is 5.03. The molecule has 1 aliphatic carbocycles. The Morgan fingerprint density at radius 3 is 2.67 bits per heavy atom. The molecule has 2 nitrogen and oxygen atoms in total. The molecule has 1 fully saturated rings. The first-order chi connectivity index (χ1) is 7.20. The molecule has 3 atom stereocenters. The lowest BCUT2D eigenvalue weighted by Gasteiger charge is -2.28. The largest absolute Gasteiger partial charge is 0.393 e. The van der Waals surface area contributed by atoms with Crippen molar-refractivity contribution in [1.29, 1.82) is 0 Å². The molecular weight excluding hydrogens is 188 g/mol. The molecule has 0 saturated heterocycles. The Morgan fingerprint density at radius 1 is 1.27 bits per heavy atom. The summed E-state index contributed by atoms with van der Waals surface area (Å²) >= 11 is 0. The normalized spacial score (nSPS) is 29.0. The molecule has 0 spiro atoms. The Bertz CT molecular complexity index is 157. The lowest BCUT2D eigenvalue weighted by molar-refractivity contribution is -0.00722. The number of rotatable bonds is 6. The van der Waals surface area contributed by atoms with Gasteiger partial charge in [-0.25, -0.2) is 0 Å². The van der Waals surface area contributed by atoms with Crippen LogP contribution in [-0.2, 0) is 4.74 Å². The fourth-order valence-corrected chi connectivity index (χ4v) is 2.31. The highest BCUT2D eigenvalue weighted by atomic mass is 16.5. The van der Waals surface area contributed by atoms with E-state index >= 15 is 0 Å². The molecule has 1 aliphatic rings. The molecule has 0 aromatic heterocycles. The molecule has 0 bridgehead atoms. The summed E-state index contributed by atoms with van der Waals surface area (Å²) in [5, 5.41) is 9.10. The van der Waals surface area contributed by atoms with Crippen LogP contribution in [0.15, 0.2) is 0 Å². The maximum atomic E-state index is 9.10. The number of hydrogen-bond acceptors (Lipinski definition) is 2. The Morgan fingerprint density at radius 2 is 2.00 bits per heavy atom. The lowest BCUT2D eigenvalue weighted by atomic mass is 9.88. The minimum absolute atomic E-state index is 0.154. The molecule has 0 heterocycles. The van der Waals surface area contributed by atoms with Crippen LogP contribution < -0.4 is 0 Å². The van der Waals surface area contributed by atoms with Gasteiger partial charge in [-0.05, 0) is 44.9 Å². The molecule has 3 unspecified atom stereocenters. The van der Waals surface area contributed by atoms with Gasteiger partial charge in [-0.1, -0.05) is 19.8 Å². The van der Waals surface area contributed by atoms with Gasteiger partial charge in [-0.2, -0.15) is 0 Å². The maximum Gasteiger partial charge on any atom is 0.0600 e. The first kappa shape index (κ1) is 13.0. The predicted octanol–water partition coefficient (Wildman–Crippen LogP) is 3.13. The standard InChI is InChI=1S/C13H26O2/c1-11-7-3-4-9-13(11)15-10-6-5-8-12(2)14/h11-14H,3-10H2,1-2H3. The van der Waals surface area contributed by atoms with E-state index < -0.39 is 0 Å². The summed E-state index contributed by atoms with van der Waals surface area (Å²) in [6, 6.07) is 0. The molecule has 0 aromatic rings. The second-order valence-electron chi connectivity index (χ2n) is 5.02. The summed E-state index contributed by atoms with van der Waals surface area (Å²) in [4.78, 5) is 0. The highest BCUT2D eigenvalue weighted by Gasteiger charge is 2.21. The molecule has 1 N–H and O–H groups in total. The molecule has 1 rings (SSSR count). The molecule has 0 aromatic carbocycles. The zero-order valence-electron chi connectivity index (χ0n) is 10.2. The van der Waals surface area contributed by atoms with Crippen molar-refractivity contribution in [3.63, 3.8) is 0 Å². The highest BCUT2D eigenvalue weighted by Crippen LogP contribution is 2.26. The van der Waals surface area contributed by atoms with Crippen molar-refractivity contribution in [2.24, 2.45) is 5.92 Å². The highest BCUT2D eigenvalue weighted by molar-refractivity contribution is 4.72. The van der Waals surface area contributed by atoms with E-state index in [1.165, 1.54) is 25.7 Å². The van der Waals surface area contributed by atoms with Crippen LogP contribution in [0.3, 0.4) is 0 Å². The second kappa shape index (κ2) is 7.24. The van der Waals surface area contributed by atoms with Crippen molar-refractivity contribution in [3.8, 4) is 0 Å². The van der Waals surface area contributed by atoms with Gasteiger partial charge in [0.1, 0.15) is 0 Å². The van der Waals surface area contributed by atoms with Crippen LogP contribution in [0.1, 0.15) is 58.8 Å². The Labute approximate surface area is 94.0 Å². The number of ether oxygens (including phenoxy) is 1. The Kier molecular flexibility index (Phi) is 6.26. The number of hydrogen-bond donors (Lipinski definition) is 1. The van der Waals surface area contributed by atoms with E-state index in [2.05, 4.69) is 6.92 Å². The van der Waals surface area contributed by atoms with Crippen LogP contribution in [0.4, 0.5) is 0 Å². The van der Waals surface area contributed by atoms with Gasteiger partial charge in [0.2, 0.25) is 0 Å². The van der Waals surface area contributed by atoms with Gasteiger partial charge in [-0.15, -0.1) is 0 Å². The summed E-state index contributed by atoms with van der Waals surface area (Å²) in [6.07, 6.45) is 8.72. The smallest absolute Gasteiger partial charge is 0.0600 e. The average molecular weight is 214 g/mol. The van der Waals surface area contributed by atoms with Crippen molar-refractivity contribution in [2.45, 2.75) is 71.0 Å².